The van der Waals surface area contributed by atoms with Crippen molar-refractivity contribution in [1.29, 1.82) is 0 Å². The van der Waals surface area contributed by atoms with Crippen molar-refractivity contribution < 1.29 is 8.42 Å². The average molecular weight is 271 g/mol. The van der Waals surface area contributed by atoms with Gasteiger partial charge in [-0.2, -0.15) is 17.0 Å². The van der Waals surface area contributed by atoms with E-state index in [2.05, 4.69) is 0 Å². The highest BCUT2D eigenvalue weighted by Crippen LogP contribution is 2.10. The number of nitrogens with zero attached hydrogens (tertiary/aromatic N) is 2. The molecule has 0 aliphatic heterocycles. The third-order valence-electron chi connectivity index (χ3n) is 2.71. The Morgan fingerprint density at radius 2 is 1.72 bits per heavy atom. The number of hydrogen-bond acceptors (Lipinski definition) is 3. The fourth-order valence-corrected chi connectivity index (χ4v) is 2.74. The molecule has 18 heavy (non-hydrogen) atoms. The second-order valence-corrected chi connectivity index (χ2v) is 6.36. The summed E-state index contributed by atoms with van der Waals surface area (Å²) in [5.74, 6) is 0. The second kappa shape index (κ2) is 6.84. The SMILES string of the molecule is CN(CCCN)S(=O)(=O)N(C)Cc1ccccc1. The van der Waals surface area contributed by atoms with Crippen LogP contribution in [0.4, 0.5) is 0 Å². The molecule has 0 heterocycles. The van der Waals surface area contributed by atoms with Crippen LogP contribution in [0.3, 0.4) is 0 Å². The van der Waals surface area contributed by atoms with Gasteiger partial charge in [0.1, 0.15) is 0 Å². The number of hydrogen-bond donors (Lipinski definition) is 1. The maximum Gasteiger partial charge on any atom is 0.281 e. The lowest BCUT2D eigenvalue weighted by atomic mass is 10.2. The molecule has 0 aromatic heterocycles. The Bertz CT molecular complexity index is 448. The molecule has 5 nitrogen and oxygen atoms in total. The Balaban J connectivity index is 2.67. The number of benzene rings is 1. The maximum absolute atomic E-state index is 12.2. The van der Waals surface area contributed by atoms with Gasteiger partial charge in [-0.15, -0.1) is 0 Å². The molecule has 102 valence electrons. The summed E-state index contributed by atoms with van der Waals surface area (Å²) in [6.45, 7) is 1.30. The van der Waals surface area contributed by atoms with Crippen molar-refractivity contribution in [3.8, 4) is 0 Å². The van der Waals surface area contributed by atoms with Crippen molar-refractivity contribution in [2.45, 2.75) is 13.0 Å². The van der Waals surface area contributed by atoms with E-state index in [1.807, 2.05) is 30.3 Å². The van der Waals surface area contributed by atoms with Crippen LogP contribution < -0.4 is 5.73 Å². The largest absolute Gasteiger partial charge is 0.330 e. The van der Waals surface area contributed by atoms with Crippen LogP contribution in [0.15, 0.2) is 30.3 Å². The summed E-state index contributed by atoms with van der Waals surface area (Å²) < 4.78 is 27.0. The lowest BCUT2D eigenvalue weighted by Crippen LogP contribution is -2.40. The lowest BCUT2D eigenvalue weighted by Gasteiger charge is -2.24. The minimum Gasteiger partial charge on any atom is -0.330 e. The molecule has 1 rings (SSSR count). The van der Waals surface area contributed by atoms with E-state index in [0.29, 0.717) is 26.1 Å². The molecule has 0 amide bonds. The van der Waals surface area contributed by atoms with E-state index in [4.69, 9.17) is 5.73 Å². The zero-order chi connectivity index (χ0) is 13.6. The van der Waals surface area contributed by atoms with Crippen LogP contribution in [0.2, 0.25) is 0 Å². The van der Waals surface area contributed by atoms with Crippen molar-refractivity contribution in [3.63, 3.8) is 0 Å². The first-order valence-corrected chi connectivity index (χ1v) is 7.29. The van der Waals surface area contributed by atoms with E-state index < -0.39 is 10.2 Å². The summed E-state index contributed by atoms with van der Waals surface area (Å²) in [5.41, 5.74) is 6.35. The summed E-state index contributed by atoms with van der Waals surface area (Å²) in [5, 5.41) is 0. The smallest absolute Gasteiger partial charge is 0.281 e. The first-order chi connectivity index (χ1) is 8.48. The fraction of sp³-hybridized carbons (Fsp3) is 0.500. The molecule has 0 atom stereocenters. The predicted molar refractivity (Wildman–Crippen MR) is 73.1 cm³/mol. The van der Waals surface area contributed by atoms with Gasteiger partial charge in [0, 0.05) is 27.2 Å². The van der Waals surface area contributed by atoms with Crippen molar-refractivity contribution in [1.82, 2.24) is 8.61 Å². The van der Waals surface area contributed by atoms with Crippen LogP contribution in [-0.4, -0.2) is 44.2 Å². The summed E-state index contributed by atoms with van der Waals surface area (Å²) in [6, 6.07) is 9.52. The standard InChI is InChI=1S/C12H21N3O2S/c1-14(10-6-9-13)18(16,17)15(2)11-12-7-4-3-5-8-12/h3-5,7-8H,6,9-11,13H2,1-2H3. The van der Waals surface area contributed by atoms with Crippen molar-refractivity contribution in [2.75, 3.05) is 27.2 Å². The Hall–Kier alpha value is -0.950. The van der Waals surface area contributed by atoms with Crippen LogP contribution in [0.5, 0.6) is 0 Å². The van der Waals surface area contributed by atoms with Crippen LogP contribution in [0, 0.1) is 0 Å². The predicted octanol–water partition coefficient (Wildman–Crippen LogP) is 0.644. The molecule has 1 aromatic carbocycles. The summed E-state index contributed by atoms with van der Waals surface area (Å²) in [6.07, 6.45) is 0.662. The Morgan fingerprint density at radius 1 is 1.11 bits per heavy atom. The first-order valence-electron chi connectivity index (χ1n) is 5.90. The van der Waals surface area contributed by atoms with Crippen LogP contribution in [0.25, 0.3) is 0 Å². The van der Waals surface area contributed by atoms with E-state index >= 15 is 0 Å². The van der Waals surface area contributed by atoms with Crippen molar-refractivity contribution >= 4 is 10.2 Å². The van der Waals surface area contributed by atoms with Gasteiger partial charge in [-0.05, 0) is 18.5 Å². The van der Waals surface area contributed by atoms with Gasteiger partial charge in [0.15, 0.2) is 0 Å². The van der Waals surface area contributed by atoms with E-state index in [-0.39, 0.29) is 0 Å². The zero-order valence-electron chi connectivity index (χ0n) is 10.9. The molecule has 6 heteroatoms. The monoisotopic (exact) mass is 271 g/mol. The summed E-state index contributed by atoms with van der Waals surface area (Å²) >= 11 is 0. The number of rotatable bonds is 7. The fourth-order valence-electron chi connectivity index (χ4n) is 1.59. The Labute approximate surface area is 109 Å². The molecule has 0 saturated heterocycles. The van der Waals surface area contributed by atoms with Gasteiger partial charge in [-0.1, -0.05) is 30.3 Å². The molecule has 0 saturated carbocycles. The van der Waals surface area contributed by atoms with Gasteiger partial charge in [0.2, 0.25) is 0 Å². The van der Waals surface area contributed by atoms with Crippen LogP contribution >= 0.6 is 0 Å². The molecule has 0 spiro atoms. The quantitative estimate of drug-likeness (QED) is 0.791. The van der Waals surface area contributed by atoms with Gasteiger partial charge in [0.25, 0.3) is 10.2 Å². The average Bonchev–Trinajstić information content (AvgIpc) is 2.36. The second-order valence-electron chi connectivity index (χ2n) is 4.21. The molecular weight excluding hydrogens is 250 g/mol. The highest BCUT2D eigenvalue weighted by atomic mass is 32.2. The Morgan fingerprint density at radius 3 is 2.28 bits per heavy atom. The van der Waals surface area contributed by atoms with Gasteiger partial charge < -0.3 is 5.73 Å². The minimum atomic E-state index is -3.40. The van der Waals surface area contributed by atoms with E-state index in [1.54, 1.807) is 14.1 Å². The van der Waals surface area contributed by atoms with Gasteiger partial charge in [0.05, 0.1) is 0 Å². The van der Waals surface area contributed by atoms with E-state index in [9.17, 15) is 8.42 Å². The van der Waals surface area contributed by atoms with Gasteiger partial charge in [-0.25, -0.2) is 0 Å². The zero-order valence-corrected chi connectivity index (χ0v) is 11.7. The molecule has 0 bridgehead atoms. The number of nitrogens with two attached hydrogens (primary N) is 1. The molecular formula is C12H21N3O2S. The van der Waals surface area contributed by atoms with Crippen molar-refractivity contribution in [3.05, 3.63) is 35.9 Å². The topological polar surface area (TPSA) is 66.6 Å². The summed E-state index contributed by atoms with van der Waals surface area (Å²) in [7, 11) is -0.238. The first kappa shape index (κ1) is 15.1. The highest BCUT2D eigenvalue weighted by molar-refractivity contribution is 7.86. The van der Waals surface area contributed by atoms with E-state index in [0.717, 1.165) is 5.56 Å². The highest BCUT2D eigenvalue weighted by Gasteiger charge is 2.22. The Kier molecular flexibility index (Phi) is 5.74. The van der Waals surface area contributed by atoms with Gasteiger partial charge >= 0.3 is 0 Å². The molecule has 0 radical (unpaired) electrons. The van der Waals surface area contributed by atoms with Crippen molar-refractivity contribution in [2.24, 2.45) is 5.73 Å². The molecule has 0 fully saturated rings. The van der Waals surface area contributed by atoms with Crippen LogP contribution in [0.1, 0.15) is 12.0 Å². The normalized spacial score (nSPS) is 12.3. The lowest BCUT2D eigenvalue weighted by molar-refractivity contribution is 0.387. The molecule has 0 aliphatic carbocycles. The van der Waals surface area contributed by atoms with E-state index in [1.165, 1.54) is 8.61 Å². The minimum absolute atomic E-state index is 0.371. The van der Waals surface area contributed by atoms with Crippen LogP contribution in [-0.2, 0) is 16.8 Å². The summed E-state index contributed by atoms with van der Waals surface area (Å²) in [4.78, 5) is 0. The maximum atomic E-state index is 12.2. The third kappa shape index (κ3) is 4.06. The molecule has 2 N–H and O–H groups in total. The molecule has 1 aromatic rings. The van der Waals surface area contributed by atoms with Gasteiger partial charge in [-0.3, -0.25) is 0 Å². The third-order valence-corrected chi connectivity index (χ3v) is 4.60. The molecule has 0 unspecified atom stereocenters. The molecule has 0 aliphatic rings.